The second-order valence-electron chi connectivity index (χ2n) is 6.27. The highest BCUT2D eigenvalue weighted by Crippen LogP contribution is 2.37. The average molecular weight is 390 g/mol. The Labute approximate surface area is 159 Å². The highest BCUT2D eigenvalue weighted by Gasteiger charge is 2.29. The molecule has 0 radical (unpaired) electrons. The molecule has 0 saturated carbocycles. The molecule has 0 fully saturated rings. The number of carboxylic acids is 1. The van der Waals surface area contributed by atoms with E-state index in [0.717, 1.165) is 6.07 Å². The summed E-state index contributed by atoms with van der Waals surface area (Å²) >= 11 is 5.97. The van der Waals surface area contributed by atoms with Crippen molar-refractivity contribution >= 4 is 34.4 Å². The van der Waals surface area contributed by atoms with Gasteiger partial charge in [0.15, 0.2) is 11.6 Å². The molecule has 0 bridgehead atoms. The molecular formula is C20H17ClFNO4. The number of phenols is 1. The van der Waals surface area contributed by atoms with Gasteiger partial charge in [0.05, 0.1) is 11.4 Å². The van der Waals surface area contributed by atoms with E-state index in [1.807, 2.05) is 0 Å². The maximum atomic E-state index is 14.0. The Kier molecular flexibility index (Phi) is 4.93. The van der Waals surface area contributed by atoms with Gasteiger partial charge in [-0.3, -0.25) is 14.2 Å². The van der Waals surface area contributed by atoms with E-state index in [4.69, 9.17) is 11.6 Å². The Hall–Kier alpha value is -2.86. The average Bonchev–Trinajstić information content (AvgIpc) is 2.87. The standard InChI is InChI=1S/C20H17ClFNO4/c1-3-13(20(26)27)18-10(2)23(16-9-15(22)17(24)8-14(16)18)19(25)11-5-4-6-12(21)7-11/h4-9,13,24H,3H2,1-2H3,(H,26,27). The molecule has 3 rings (SSSR count). The first-order valence-electron chi connectivity index (χ1n) is 8.32. The molecule has 1 aromatic heterocycles. The predicted octanol–water partition coefficient (Wildman–Crippen LogP) is 4.71. The van der Waals surface area contributed by atoms with Crippen LogP contribution in [0.5, 0.6) is 5.75 Å². The summed E-state index contributed by atoms with van der Waals surface area (Å²) in [5.41, 5.74) is 1.24. The smallest absolute Gasteiger partial charge is 0.311 e. The molecule has 1 heterocycles. The van der Waals surface area contributed by atoms with Gasteiger partial charge in [0.25, 0.3) is 5.91 Å². The summed E-state index contributed by atoms with van der Waals surface area (Å²) in [5, 5.41) is 20.1. The summed E-state index contributed by atoms with van der Waals surface area (Å²) < 4.78 is 15.3. The van der Waals surface area contributed by atoms with Gasteiger partial charge in [0, 0.05) is 27.7 Å². The van der Waals surface area contributed by atoms with Crippen LogP contribution in [0.1, 0.15) is 40.9 Å². The maximum absolute atomic E-state index is 14.0. The number of aromatic nitrogens is 1. The highest BCUT2D eigenvalue weighted by molar-refractivity contribution is 6.31. The van der Waals surface area contributed by atoms with Crippen molar-refractivity contribution < 1.29 is 24.2 Å². The van der Waals surface area contributed by atoms with E-state index < -0.39 is 29.4 Å². The zero-order chi connectivity index (χ0) is 19.9. The summed E-state index contributed by atoms with van der Waals surface area (Å²) in [7, 11) is 0. The number of carboxylic acid groups (broad SMARTS) is 1. The van der Waals surface area contributed by atoms with Gasteiger partial charge in [0.1, 0.15) is 0 Å². The third kappa shape index (κ3) is 3.17. The van der Waals surface area contributed by atoms with Crippen LogP contribution in [-0.4, -0.2) is 26.7 Å². The van der Waals surface area contributed by atoms with Crippen LogP contribution in [-0.2, 0) is 4.79 Å². The van der Waals surface area contributed by atoms with E-state index in [0.29, 0.717) is 21.7 Å². The summed E-state index contributed by atoms with van der Waals surface area (Å²) in [6.07, 6.45) is 0.277. The van der Waals surface area contributed by atoms with Gasteiger partial charge < -0.3 is 10.2 Å². The number of halogens is 2. The summed E-state index contributed by atoms with van der Waals surface area (Å²) in [6, 6.07) is 8.51. The van der Waals surface area contributed by atoms with Crippen molar-refractivity contribution in [3.8, 4) is 5.75 Å². The largest absolute Gasteiger partial charge is 0.505 e. The number of hydrogen-bond acceptors (Lipinski definition) is 3. The van der Waals surface area contributed by atoms with Gasteiger partial charge >= 0.3 is 5.97 Å². The molecule has 2 N–H and O–H groups in total. The van der Waals surface area contributed by atoms with Gasteiger partial charge in [-0.15, -0.1) is 0 Å². The summed E-state index contributed by atoms with van der Waals surface area (Å²) in [6.45, 7) is 3.32. The maximum Gasteiger partial charge on any atom is 0.311 e. The van der Waals surface area contributed by atoms with Gasteiger partial charge in [-0.25, -0.2) is 4.39 Å². The molecule has 0 aliphatic rings. The molecule has 0 spiro atoms. The van der Waals surface area contributed by atoms with Crippen molar-refractivity contribution in [1.82, 2.24) is 4.57 Å². The van der Waals surface area contributed by atoms with Crippen LogP contribution >= 0.6 is 11.6 Å². The van der Waals surface area contributed by atoms with E-state index in [1.165, 1.54) is 16.7 Å². The molecule has 7 heteroatoms. The van der Waals surface area contributed by atoms with Crippen LogP contribution in [0.15, 0.2) is 36.4 Å². The van der Waals surface area contributed by atoms with Gasteiger partial charge in [-0.2, -0.15) is 0 Å². The highest BCUT2D eigenvalue weighted by atomic mass is 35.5. The van der Waals surface area contributed by atoms with Crippen LogP contribution < -0.4 is 0 Å². The molecular weight excluding hydrogens is 373 g/mol. The number of aromatic hydroxyl groups is 1. The van der Waals surface area contributed by atoms with Gasteiger partial charge in [-0.1, -0.05) is 24.6 Å². The quantitative estimate of drug-likeness (QED) is 0.677. The first kappa shape index (κ1) is 18.9. The van der Waals surface area contributed by atoms with Gasteiger partial charge in [0.2, 0.25) is 0 Å². The topological polar surface area (TPSA) is 79.5 Å². The van der Waals surface area contributed by atoms with E-state index in [2.05, 4.69) is 0 Å². The zero-order valence-electron chi connectivity index (χ0n) is 14.7. The van der Waals surface area contributed by atoms with Crippen LogP contribution in [0.2, 0.25) is 5.02 Å². The fourth-order valence-electron chi connectivity index (χ4n) is 3.40. The molecule has 0 aliphatic carbocycles. The lowest BCUT2D eigenvalue weighted by Crippen LogP contribution is -2.16. The van der Waals surface area contributed by atoms with E-state index >= 15 is 0 Å². The lowest BCUT2D eigenvalue weighted by atomic mass is 9.94. The molecule has 1 atom stereocenters. The van der Waals surface area contributed by atoms with E-state index in [1.54, 1.807) is 32.0 Å². The first-order valence-corrected chi connectivity index (χ1v) is 8.70. The van der Waals surface area contributed by atoms with Crippen molar-refractivity contribution in [2.45, 2.75) is 26.2 Å². The van der Waals surface area contributed by atoms with Crippen LogP contribution in [0.3, 0.4) is 0 Å². The Morgan fingerprint density at radius 2 is 1.96 bits per heavy atom. The van der Waals surface area contributed by atoms with Gasteiger partial charge in [-0.05, 0) is 43.2 Å². The number of hydrogen-bond donors (Lipinski definition) is 2. The number of aliphatic carboxylic acids is 1. The minimum absolute atomic E-state index is 0.197. The Balaban J connectivity index is 2.36. The second kappa shape index (κ2) is 7.04. The summed E-state index contributed by atoms with van der Waals surface area (Å²) in [5.74, 6) is -3.91. The monoisotopic (exact) mass is 389 g/mol. The number of carbonyl (C=O) groups is 2. The number of rotatable bonds is 4. The predicted molar refractivity (Wildman–Crippen MR) is 100 cm³/mol. The molecule has 27 heavy (non-hydrogen) atoms. The molecule has 140 valence electrons. The Morgan fingerprint density at radius 3 is 2.56 bits per heavy atom. The molecule has 0 amide bonds. The van der Waals surface area contributed by atoms with Crippen molar-refractivity contribution in [3.63, 3.8) is 0 Å². The fraction of sp³-hybridized carbons (Fsp3) is 0.200. The molecule has 0 aliphatic heterocycles. The fourth-order valence-corrected chi connectivity index (χ4v) is 3.59. The first-order chi connectivity index (χ1) is 12.8. The van der Waals surface area contributed by atoms with E-state index in [-0.39, 0.29) is 17.5 Å². The van der Waals surface area contributed by atoms with Crippen molar-refractivity contribution in [2.24, 2.45) is 0 Å². The number of carbonyl (C=O) groups excluding carboxylic acids is 1. The lowest BCUT2D eigenvalue weighted by Gasteiger charge is -2.12. The lowest BCUT2D eigenvalue weighted by molar-refractivity contribution is -0.138. The minimum atomic E-state index is -1.06. The molecule has 5 nitrogen and oxygen atoms in total. The number of benzene rings is 2. The molecule has 2 aromatic carbocycles. The van der Waals surface area contributed by atoms with Crippen LogP contribution in [0.25, 0.3) is 10.9 Å². The molecule has 1 unspecified atom stereocenters. The van der Waals surface area contributed by atoms with Crippen LogP contribution in [0, 0.1) is 12.7 Å². The summed E-state index contributed by atoms with van der Waals surface area (Å²) in [4.78, 5) is 24.8. The Morgan fingerprint density at radius 1 is 1.26 bits per heavy atom. The second-order valence-corrected chi connectivity index (χ2v) is 6.71. The van der Waals surface area contributed by atoms with E-state index in [9.17, 15) is 24.2 Å². The number of nitrogens with zero attached hydrogens (tertiary/aromatic N) is 1. The Bertz CT molecular complexity index is 1070. The number of phenolic OH excluding ortho intramolecular Hbond substituents is 1. The van der Waals surface area contributed by atoms with Crippen molar-refractivity contribution in [1.29, 1.82) is 0 Å². The molecule has 3 aromatic rings. The van der Waals surface area contributed by atoms with Crippen LogP contribution in [0.4, 0.5) is 4.39 Å². The van der Waals surface area contributed by atoms with Crippen molar-refractivity contribution in [2.75, 3.05) is 0 Å². The zero-order valence-corrected chi connectivity index (χ0v) is 15.4. The number of fused-ring (bicyclic) bond motifs is 1. The third-order valence-electron chi connectivity index (χ3n) is 4.65. The minimum Gasteiger partial charge on any atom is -0.505 e. The SMILES string of the molecule is CCC(C(=O)O)c1c(C)n(C(=O)c2cccc(Cl)c2)c2cc(F)c(O)cc12. The third-order valence-corrected chi connectivity index (χ3v) is 4.89. The molecule has 0 saturated heterocycles. The van der Waals surface area contributed by atoms with Crippen molar-refractivity contribution in [3.05, 3.63) is 64.1 Å². The normalized spacial score (nSPS) is 12.3.